The van der Waals surface area contributed by atoms with Crippen LogP contribution in [0.25, 0.3) is 0 Å². The fraction of sp³-hybridized carbons (Fsp3) is 0.381. The number of methoxy groups -OCH3 is 2. The summed E-state index contributed by atoms with van der Waals surface area (Å²) in [5, 5.41) is 6.54. The van der Waals surface area contributed by atoms with E-state index in [0.717, 1.165) is 45.2 Å². The van der Waals surface area contributed by atoms with E-state index in [-0.39, 0.29) is 0 Å². The van der Waals surface area contributed by atoms with Crippen LogP contribution in [0.3, 0.4) is 0 Å². The summed E-state index contributed by atoms with van der Waals surface area (Å²) in [7, 11) is 2.53. The van der Waals surface area contributed by atoms with Crippen molar-refractivity contribution in [2.75, 3.05) is 14.2 Å². The summed E-state index contributed by atoms with van der Waals surface area (Å²) < 4.78 is 13.4. The van der Waals surface area contributed by atoms with Crippen LogP contribution in [-0.4, -0.2) is 22.3 Å². The Bertz CT molecular complexity index is 2490. The molecule has 4 aromatic carbocycles. The molecule has 0 N–H and O–H groups in total. The van der Waals surface area contributed by atoms with Gasteiger partial charge in [-0.2, -0.15) is 0 Å². The molecule has 0 radical (unpaired) electrons. The zero-order chi connectivity index (χ0) is 31.8. The van der Waals surface area contributed by atoms with E-state index in [1.807, 2.05) is 14.2 Å². The average Bonchev–Trinajstić information content (AvgIpc) is 4.02. The maximum atomic E-state index is 6.00. The average molecular weight is 697 g/mol. The molecule has 10 aliphatic heterocycles. The molecule has 0 aliphatic carbocycles. The molecule has 0 aromatic heterocycles. The second-order valence-electron chi connectivity index (χ2n) is 18.6. The predicted molar refractivity (Wildman–Crippen MR) is 195 cm³/mol. The Balaban J connectivity index is 1.15. The molecule has 0 bridgehead atoms. The molecular formula is C42H42FeO2P2. The van der Waals surface area contributed by atoms with Gasteiger partial charge in [0.15, 0.2) is 0 Å². The molecule has 2 nitrogen and oxygen atoms in total. The second kappa shape index (κ2) is 4.37. The zero-order valence-electron chi connectivity index (χ0n) is 28.0. The molecule has 1 spiro atoms. The third-order valence-corrected chi connectivity index (χ3v) is 79.1. The standard InChI is InChI=1S/C37H37O2P2.C5H5.Fe/c1-8-29-19-20-34(40(30-15-11-9-12-16-30)31-17-13-10-14-18-31)37(29)41(32-21-25(2)35(38-6)26(3)22-32)33-23-27(4)36(39-7)28(5)24-33;1-2-4-5-3-1;/h8-24H,1H2,2-7H3;1-5H;. The van der Waals surface area contributed by atoms with E-state index in [0.29, 0.717) is 12.4 Å². The van der Waals surface area contributed by atoms with Crippen molar-refractivity contribution in [3.05, 3.63) is 120 Å². The van der Waals surface area contributed by atoms with E-state index >= 15 is 0 Å². The van der Waals surface area contributed by atoms with Crippen LogP contribution in [0.4, 0.5) is 0 Å². The van der Waals surface area contributed by atoms with Gasteiger partial charge in [0.2, 0.25) is 0 Å². The number of hydrogen-bond acceptors (Lipinski definition) is 2. The van der Waals surface area contributed by atoms with Crippen LogP contribution < -0.4 is 30.7 Å². The number of benzene rings is 4. The normalized spacial score (nSPS) is 53.7. The molecule has 14 rings (SSSR count). The fourth-order valence-corrected chi connectivity index (χ4v) is 131. The number of allylic oxidation sites excluding steroid dienone is 1. The summed E-state index contributed by atoms with van der Waals surface area (Å²) in [6, 6.07) is 34.3. The van der Waals surface area contributed by atoms with E-state index < -0.39 is 22.4 Å². The van der Waals surface area contributed by atoms with E-state index in [4.69, 9.17) is 16.1 Å². The number of ether oxygens (including phenoxy) is 2. The van der Waals surface area contributed by atoms with Crippen molar-refractivity contribution in [2.45, 2.75) is 73.8 Å². The van der Waals surface area contributed by atoms with Gasteiger partial charge in [0.05, 0.1) is 0 Å². The molecule has 10 saturated heterocycles. The summed E-state index contributed by atoms with van der Waals surface area (Å²) >= 11 is 0. The van der Waals surface area contributed by atoms with Crippen LogP contribution in [0.5, 0.6) is 11.5 Å². The van der Waals surface area contributed by atoms with Crippen LogP contribution in [0.15, 0.2) is 97.6 Å². The molecule has 5 unspecified atom stereocenters. The quantitative estimate of drug-likeness (QED) is 0.0988. The SMILES string of the molecule is C=C[C]12[CH]3[CH]4[C]5(P(c6ccccc6)c6ccccc6)[C]1(P(c1cc(C)c(OC)c(C)c1)c1cc(C)c(OC)c(C)c1)[Fe]34251678[CH]2[CH]1[CH]6[CH]7[CH]28. The van der Waals surface area contributed by atoms with Gasteiger partial charge in [0, 0.05) is 0 Å². The monoisotopic (exact) mass is 696 g/mol. The summed E-state index contributed by atoms with van der Waals surface area (Å²) in [5.41, 5.74) is 5.16. The van der Waals surface area contributed by atoms with Crippen molar-refractivity contribution in [3.8, 4) is 11.5 Å². The van der Waals surface area contributed by atoms with Crippen LogP contribution in [0.2, 0.25) is 38.0 Å². The summed E-state index contributed by atoms with van der Waals surface area (Å²) in [4.78, 5) is 7.74. The first kappa shape index (κ1) is 25.6. The molecule has 10 aliphatic rings. The fourth-order valence-electron chi connectivity index (χ4n) is 23.6. The van der Waals surface area contributed by atoms with Crippen LogP contribution in [0.1, 0.15) is 22.3 Å². The molecule has 5 heteroatoms. The number of hydrogen-bond donors (Lipinski definition) is 0. The van der Waals surface area contributed by atoms with E-state index in [9.17, 15) is 0 Å². The molecule has 10 heterocycles. The van der Waals surface area contributed by atoms with E-state index in [1.54, 1.807) is 21.2 Å². The number of fused-ring (bicyclic) bond motifs is 10. The number of rotatable bonds is 9. The Hall–Kier alpha value is -2.40. The van der Waals surface area contributed by atoms with Gasteiger partial charge in [-0.1, -0.05) is 0 Å². The molecule has 10 fully saturated rings. The molecule has 4 aromatic rings. The van der Waals surface area contributed by atoms with Gasteiger partial charge in [0.25, 0.3) is 0 Å². The Morgan fingerprint density at radius 3 is 1.34 bits per heavy atom. The van der Waals surface area contributed by atoms with Crippen molar-refractivity contribution in [1.29, 1.82) is 0 Å². The molecule has 0 saturated carbocycles. The first-order valence-corrected chi connectivity index (χ1v) is 26.2. The first-order valence-electron chi connectivity index (χ1n) is 17.4. The van der Waals surface area contributed by atoms with Gasteiger partial charge in [-0.05, 0) is 0 Å². The Labute approximate surface area is 271 Å². The molecule has 47 heavy (non-hydrogen) atoms. The van der Waals surface area contributed by atoms with Gasteiger partial charge in [-0.15, -0.1) is 0 Å². The molecule has 5 atom stereocenters. The van der Waals surface area contributed by atoms with Crippen molar-refractivity contribution in [2.24, 2.45) is 0 Å². The third kappa shape index (κ3) is 0.730. The Kier molecular flexibility index (Phi) is 2.37. The van der Waals surface area contributed by atoms with Crippen molar-refractivity contribution >= 4 is 37.1 Å². The van der Waals surface area contributed by atoms with Gasteiger partial charge in [-0.3, -0.25) is 0 Å². The summed E-state index contributed by atoms with van der Waals surface area (Å²) in [6.45, 7) is 9.69. The Morgan fingerprint density at radius 2 is 1.00 bits per heavy atom. The van der Waals surface area contributed by atoms with Crippen LogP contribution >= 0.6 is 15.8 Å². The van der Waals surface area contributed by atoms with Crippen LogP contribution in [-0.2, 0) is 6.51 Å². The molecule has 0 amide bonds. The first-order chi connectivity index (χ1) is 22.6. The van der Waals surface area contributed by atoms with Gasteiger partial charge in [-0.25, -0.2) is 0 Å². The molecular weight excluding hydrogens is 654 g/mol. The minimum atomic E-state index is -4.38. The molecule has 240 valence electrons. The van der Waals surface area contributed by atoms with E-state index in [1.165, 1.54) is 22.3 Å². The van der Waals surface area contributed by atoms with E-state index in [2.05, 4.69) is 119 Å². The minimum absolute atomic E-state index is 0.439. The second-order valence-corrected chi connectivity index (χ2v) is 47.1. The summed E-state index contributed by atoms with van der Waals surface area (Å²) in [5.74, 6) is 2.11. The van der Waals surface area contributed by atoms with Crippen molar-refractivity contribution in [1.82, 2.24) is 0 Å². The van der Waals surface area contributed by atoms with Gasteiger partial charge >= 0.3 is 272 Å². The van der Waals surface area contributed by atoms with Crippen molar-refractivity contribution in [3.63, 3.8) is 0 Å². The number of aryl methyl sites for hydroxylation is 4. The van der Waals surface area contributed by atoms with Crippen molar-refractivity contribution < 1.29 is 16.0 Å². The van der Waals surface area contributed by atoms with Crippen LogP contribution in [0, 0.1) is 27.7 Å². The maximum absolute atomic E-state index is 6.00. The Morgan fingerprint density at radius 1 is 0.596 bits per heavy atom. The summed E-state index contributed by atoms with van der Waals surface area (Å²) in [6.07, 6.45) is 2.72. The van der Waals surface area contributed by atoms with Gasteiger partial charge in [0.1, 0.15) is 0 Å². The topological polar surface area (TPSA) is 18.5 Å². The zero-order valence-corrected chi connectivity index (χ0v) is 30.9. The predicted octanol–water partition coefficient (Wildman–Crippen LogP) is 9.26. The third-order valence-electron chi connectivity index (χ3n) is 21.8. The van der Waals surface area contributed by atoms with Gasteiger partial charge < -0.3 is 0 Å².